The van der Waals surface area contributed by atoms with E-state index in [1.165, 1.54) is 12.1 Å². The predicted molar refractivity (Wildman–Crippen MR) is 88.9 cm³/mol. The fourth-order valence-corrected chi connectivity index (χ4v) is 2.22. The molecule has 128 valence electrons. The molecule has 0 saturated heterocycles. The number of ether oxygens (including phenoxy) is 1. The molecule has 6 heteroatoms. The molecule has 0 saturated carbocycles. The zero-order chi connectivity index (χ0) is 17.5. The third kappa shape index (κ3) is 5.03. The average molecular weight is 334 g/mol. The van der Waals surface area contributed by atoms with E-state index in [0.29, 0.717) is 11.3 Å². The molecule has 0 aliphatic carbocycles. The van der Waals surface area contributed by atoms with E-state index in [-0.39, 0.29) is 25.1 Å². The van der Waals surface area contributed by atoms with Gasteiger partial charge >= 0.3 is 6.03 Å². The smallest absolute Gasteiger partial charge is 0.319 e. The van der Waals surface area contributed by atoms with Crippen LogP contribution in [-0.4, -0.2) is 19.7 Å². The number of urea groups is 1. The van der Waals surface area contributed by atoms with Crippen molar-refractivity contribution in [1.29, 1.82) is 0 Å². The number of hydrogen-bond donors (Lipinski definition) is 2. The summed E-state index contributed by atoms with van der Waals surface area (Å²) in [6.45, 7) is 2.15. The zero-order valence-electron chi connectivity index (χ0n) is 13.6. The second-order valence-electron chi connectivity index (χ2n) is 5.37. The van der Waals surface area contributed by atoms with Gasteiger partial charge in [-0.3, -0.25) is 0 Å². The van der Waals surface area contributed by atoms with E-state index < -0.39 is 11.6 Å². The number of carbonyl (C=O) groups is 1. The van der Waals surface area contributed by atoms with Crippen molar-refractivity contribution in [3.05, 3.63) is 65.2 Å². The van der Waals surface area contributed by atoms with Gasteiger partial charge in [0.1, 0.15) is 11.6 Å². The van der Waals surface area contributed by atoms with Crippen LogP contribution in [-0.2, 0) is 11.2 Å². The molecule has 24 heavy (non-hydrogen) atoms. The Kier molecular flexibility index (Phi) is 6.26. The molecule has 0 radical (unpaired) electrons. The lowest BCUT2D eigenvalue weighted by atomic mass is 10.1. The van der Waals surface area contributed by atoms with Crippen LogP contribution in [0, 0.1) is 11.6 Å². The van der Waals surface area contributed by atoms with E-state index in [4.69, 9.17) is 4.74 Å². The van der Waals surface area contributed by atoms with Crippen molar-refractivity contribution in [2.75, 3.05) is 19.0 Å². The van der Waals surface area contributed by atoms with E-state index in [2.05, 4.69) is 10.6 Å². The van der Waals surface area contributed by atoms with Gasteiger partial charge in [0, 0.05) is 25.4 Å². The predicted octanol–water partition coefficient (Wildman–Crippen LogP) is 4.04. The standard InChI is InChI=1S/C18H20F2N2O2/c1-12(24-2)14-4-3-5-16(10-14)22-18(23)21-9-8-13-6-7-15(19)11-17(13)20/h3-7,10-12H,8-9H2,1-2H3,(H2,21,22,23). The second-order valence-corrected chi connectivity index (χ2v) is 5.37. The van der Waals surface area contributed by atoms with Crippen molar-refractivity contribution in [3.63, 3.8) is 0 Å². The van der Waals surface area contributed by atoms with Gasteiger partial charge in [0.2, 0.25) is 0 Å². The fourth-order valence-electron chi connectivity index (χ4n) is 2.22. The number of halogens is 2. The van der Waals surface area contributed by atoms with Gasteiger partial charge in [-0.25, -0.2) is 13.6 Å². The van der Waals surface area contributed by atoms with Gasteiger partial charge in [-0.15, -0.1) is 0 Å². The number of rotatable bonds is 6. The van der Waals surface area contributed by atoms with E-state index in [1.807, 2.05) is 25.1 Å². The SMILES string of the molecule is COC(C)c1cccc(NC(=O)NCCc2ccc(F)cc2F)c1. The van der Waals surface area contributed by atoms with Crippen molar-refractivity contribution in [2.45, 2.75) is 19.4 Å². The van der Waals surface area contributed by atoms with Crippen molar-refractivity contribution in [2.24, 2.45) is 0 Å². The van der Waals surface area contributed by atoms with Crippen molar-refractivity contribution < 1.29 is 18.3 Å². The summed E-state index contributed by atoms with van der Waals surface area (Å²) in [5.41, 5.74) is 1.94. The maximum absolute atomic E-state index is 13.5. The summed E-state index contributed by atoms with van der Waals surface area (Å²) in [6, 6.07) is 10.3. The number of benzene rings is 2. The normalized spacial score (nSPS) is 11.8. The lowest BCUT2D eigenvalue weighted by Gasteiger charge is -2.12. The monoisotopic (exact) mass is 334 g/mol. The molecule has 0 aliphatic rings. The maximum atomic E-state index is 13.5. The van der Waals surface area contributed by atoms with E-state index >= 15 is 0 Å². The van der Waals surface area contributed by atoms with Crippen LogP contribution in [0.4, 0.5) is 19.3 Å². The van der Waals surface area contributed by atoms with Crippen molar-refractivity contribution in [1.82, 2.24) is 5.32 Å². The minimum Gasteiger partial charge on any atom is -0.377 e. The summed E-state index contributed by atoms with van der Waals surface area (Å²) in [6.07, 6.45) is 0.205. The lowest BCUT2D eigenvalue weighted by molar-refractivity contribution is 0.119. The Balaban J connectivity index is 1.85. The highest BCUT2D eigenvalue weighted by atomic mass is 19.1. The summed E-state index contributed by atoms with van der Waals surface area (Å²) in [4.78, 5) is 11.9. The average Bonchev–Trinajstić information content (AvgIpc) is 2.56. The Morgan fingerprint density at radius 2 is 2.00 bits per heavy atom. The van der Waals surface area contributed by atoms with Gasteiger partial charge in [0.05, 0.1) is 6.10 Å². The quantitative estimate of drug-likeness (QED) is 0.838. The molecule has 2 N–H and O–H groups in total. The molecule has 0 aromatic heterocycles. The molecule has 2 rings (SSSR count). The van der Waals surface area contributed by atoms with Gasteiger partial charge in [0.15, 0.2) is 0 Å². The molecular formula is C18H20F2N2O2. The van der Waals surface area contributed by atoms with Crippen LogP contribution in [0.15, 0.2) is 42.5 Å². The number of carbonyl (C=O) groups excluding carboxylic acids is 1. The first-order valence-corrected chi connectivity index (χ1v) is 7.61. The van der Waals surface area contributed by atoms with Crippen LogP contribution in [0.2, 0.25) is 0 Å². The number of hydrogen-bond acceptors (Lipinski definition) is 2. The minimum absolute atomic E-state index is 0.0729. The highest BCUT2D eigenvalue weighted by Gasteiger charge is 2.07. The highest BCUT2D eigenvalue weighted by Crippen LogP contribution is 2.19. The van der Waals surface area contributed by atoms with Crippen molar-refractivity contribution in [3.8, 4) is 0 Å². The van der Waals surface area contributed by atoms with Gasteiger partial charge in [0.25, 0.3) is 0 Å². The fraction of sp³-hybridized carbons (Fsp3) is 0.278. The number of amides is 2. The van der Waals surface area contributed by atoms with Crippen LogP contribution in [0.1, 0.15) is 24.2 Å². The van der Waals surface area contributed by atoms with Gasteiger partial charge in [-0.2, -0.15) is 0 Å². The molecule has 0 bridgehead atoms. The molecule has 1 atom stereocenters. The molecule has 4 nitrogen and oxygen atoms in total. The van der Waals surface area contributed by atoms with Crippen LogP contribution in [0.5, 0.6) is 0 Å². The number of nitrogens with one attached hydrogen (secondary N) is 2. The molecule has 2 amide bonds. The molecule has 0 spiro atoms. The first kappa shape index (κ1) is 17.9. The molecule has 0 aliphatic heterocycles. The Labute approximate surface area is 139 Å². The summed E-state index contributed by atoms with van der Waals surface area (Å²) >= 11 is 0. The van der Waals surface area contributed by atoms with Crippen LogP contribution in [0.25, 0.3) is 0 Å². The summed E-state index contributed by atoms with van der Waals surface area (Å²) in [7, 11) is 1.62. The van der Waals surface area contributed by atoms with Crippen LogP contribution >= 0.6 is 0 Å². The summed E-state index contributed by atoms with van der Waals surface area (Å²) in [5.74, 6) is -1.23. The lowest BCUT2D eigenvalue weighted by Crippen LogP contribution is -2.30. The zero-order valence-corrected chi connectivity index (χ0v) is 13.6. The van der Waals surface area contributed by atoms with Crippen LogP contribution in [0.3, 0.4) is 0 Å². The Morgan fingerprint density at radius 3 is 2.71 bits per heavy atom. The number of anilines is 1. The second kappa shape index (κ2) is 8.40. The summed E-state index contributed by atoms with van der Waals surface area (Å²) in [5, 5.41) is 5.35. The minimum atomic E-state index is -0.618. The Bertz CT molecular complexity index is 707. The van der Waals surface area contributed by atoms with Crippen molar-refractivity contribution >= 4 is 11.7 Å². The molecule has 2 aromatic rings. The first-order valence-electron chi connectivity index (χ1n) is 7.61. The largest absolute Gasteiger partial charge is 0.377 e. The molecular weight excluding hydrogens is 314 g/mol. The van der Waals surface area contributed by atoms with E-state index in [9.17, 15) is 13.6 Å². The molecule has 0 fully saturated rings. The highest BCUT2D eigenvalue weighted by molar-refractivity contribution is 5.89. The first-order chi connectivity index (χ1) is 11.5. The Morgan fingerprint density at radius 1 is 1.21 bits per heavy atom. The van der Waals surface area contributed by atoms with Gasteiger partial charge < -0.3 is 15.4 Å². The third-order valence-corrected chi connectivity index (χ3v) is 3.66. The maximum Gasteiger partial charge on any atom is 0.319 e. The third-order valence-electron chi connectivity index (χ3n) is 3.66. The molecule has 1 unspecified atom stereocenters. The van der Waals surface area contributed by atoms with Gasteiger partial charge in [-0.1, -0.05) is 18.2 Å². The number of methoxy groups -OCH3 is 1. The van der Waals surface area contributed by atoms with Gasteiger partial charge in [-0.05, 0) is 42.7 Å². The van der Waals surface area contributed by atoms with E-state index in [0.717, 1.165) is 11.6 Å². The summed E-state index contributed by atoms with van der Waals surface area (Å²) < 4.78 is 31.6. The topological polar surface area (TPSA) is 50.4 Å². The van der Waals surface area contributed by atoms with E-state index in [1.54, 1.807) is 13.2 Å². The molecule has 0 heterocycles. The Hall–Kier alpha value is -2.47. The van der Waals surface area contributed by atoms with Crippen LogP contribution < -0.4 is 10.6 Å². The molecule has 2 aromatic carbocycles.